The Bertz CT molecular complexity index is 713. The first-order valence-corrected chi connectivity index (χ1v) is 25.6. The Kier molecular flexibility index (Phi) is 456. The predicted molar refractivity (Wildman–Crippen MR) is 327 cm³/mol. The maximum absolute atomic E-state index is 11.2. The SMILES string of the molecule is CB(O)O.CB(O)O.CC.CC.CC.CC.CC.CC.CC.CC(=O)O.CC(C)(C)[O-].CC=CC.CC=CC.CC=O.CCC.CCCC.CF.CO.COC(C)(F)F.COC(C)=O.COC(C)=O.COC(C)=S.[K+]. The summed E-state index contributed by atoms with van der Waals surface area (Å²) < 4.78 is 48.3. The molecule has 0 aromatic rings. The second kappa shape index (κ2) is 226. The molecule has 0 radical (unpaired) electrons. The van der Waals surface area contributed by atoms with E-state index in [0.29, 0.717) is 19.2 Å². The van der Waals surface area contributed by atoms with Crippen LogP contribution in [0.15, 0.2) is 24.3 Å². The molecule has 6 N–H and O–H groups in total. The summed E-state index contributed by atoms with van der Waals surface area (Å²) in [4.78, 5) is 37.0. The van der Waals surface area contributed by atoms with Crippen LogP contribution in [0.1, 0.15) is 234 Å². The number of unbranched alkanes of at least 4 members (excludes halogenated alkanes) is 1. The van der Waals surface area contributed by atoms with E-state index in [0.717, 1.165) is 27.4 Å². The minimum Gasteiger partial charge on any atom is -0.850 e. The molecule has 0 fully saturated rings. The second-order valence-electron chi connectivity index (χ2n) is 10.3. The van der Waals surface area contributed by atoms with Crippen molar-refractivity contribution in [2.45, 2.75) is 259 Å². The number of thiocarbonyl (C=S) groups is 1. The van der Waals surface area contributed by atoms with Crippen molar-refractivity contribution in [3.05, 3.63) is 24.3 Å². The molecule has 0 aliphatic rings. The van der Waals surface area contributed by atoms with Crippen LogP contribution in [-0.2, 0) is 38.1 Å². The van der Waals surface area contributed by atoms with E-state index in [4.69, 9.17) is 39.9 Å². The van der Waals surface area contributed by atoms with Crippen LogP contribution in [0.4, 0.5) is 13.2 Å². The van der Waals surface area contributed by atoms with Gasteiger partial charge in [0.1, 0.15) is 6.29 Å². The van der Waals surface area contributed by atoms with Crippen LogP contribution in [0, 0.1) is 0 Å². The zero-order chi connectivity index (χ0) is 66.9. The van der Waals surface area contributed by atoms with Crippen molar-refractivity contribution in [3.8, 4) is 0 Å². The number of carbonyl (C=O) groups excluding carboxylic acids is 3. The number of hydrogen-bond donors (Lipinski definition) is 6. The molecule has 75 heavy (non-hydrogen) atoms. The number of aldehydes is 1. The smallest absolute Gasteiger partial charge is 0.850 e. The summed E-state index contributed by atoms with van der Waals surface area (Å²) in [5.74, 6) is -1.32. The fourth-order valence-electron chi connectivity index (χ4n) is 0. The molecular formula is C53H134B2F3KO15S. The van der Waals surface area contributed by atoms with Crippen molar-refractivity contribution in [1.29, 1.82) is 0 Å². The molecular weight excluding hydrogens is 1030 g/mol. The van der Waals surface area contributed by atoms with Gasteiger partial charge in [0.2, 0.25) is 0 Å². The first kappa shape index (κ1) is 152. The molecule has 0 saturated heterocycles. The van der Waals surface area contributed by atoms with E-state index >= 15 is 0 Å². The molecule has 0 unspecified atom stereocenters. The molecule has 0 aliphatic heterocycles. The van der Waals surface area contributed by atoms with Crippen molar-refractivity contribution >= 4 is 55.7 Å². The van der Waals surface area contributed by atoms with Crippen LogP contribution in [0.25, 0.3) is 0 Å². The first-order valence-electron chi connectivity index (χ1n) is 25.2. The van der Waals surface area contributed by atoms with E-state index in [1.54, 1.807) is 34.8 Å². The Labute approximate surface area is 516 Å². The monoisotopic (exact) mass is 1160 g/mol. The van der Waals surface area contributed by atoms with Gasteiger partial charge in [-0.15, -0.1) is 5.60 Å². The van der Waals surface area contributed by atoms with Crippen LogP contribution in [-0.4, -0.2) is 128 Å². The molecule has 0 atom stereocenters. The van der Waals surface area contributed by atoms with E-state index in [1.165, 1.54) is 67.9 Å². The van der Waals surface area contributed by atoms with Gasteiger partial charge in [0.15, 0.2) is 5.05 Å². The number of hydrogen-bond acceptors (Lipinski definition) is 15. The third-order valence-corrected chi connectivity index (χ3v) is 2.55. The minimum absolute atomic E-state index is 0. The van der Waals surface area contributed by atoms with Gasteiger partial charge in [-0.2, -0.15) is 8.78 Å². The molecule has 0 bridgehead atoms. The Morgan fingerprint density at radius 3 is 0.613 bits per heavy atom. The van der Waals surface area contributed by atoms with E-state index in [9.17, 15) is 27.9 Å². The molecule has 0 rings (SSSR count). The zero-order valence-corrected chi connectivity index (χ0v) is 61.0. The largest absolute Gasteiger partial charge is 1.00 e. The average molecular weight is 1160 g/mol. The van der Waals surface area contributed by atoms with Gasteiger partial charge in [0.05, 0.1) is 28.5 Å². The molecule has 15 nitrogen and oxygen atoms in total. The van der Waals surface area contributed by atoms with Gasteiger partial charge >= 0.3 is 83.7 Å². The first-order chi connectivity index (χ1) is 34.1. The number of aliphatic hydroxyl groups excluding tert-OH is 1. The number of aliphatic carboxylic acids is 1. The average Bonchev–Trinajstić information content (AvgIpc) is 3.37. The van der Waals surface area contributed by atoms with Gasteiger partial charge in [-0.3, -0.25) is 18.8 Å². The third-order valence-electron chi connectivity index (χ3n) is 2.39. The Morgan fingerprint density at radius 2 is 0.613 bits per heavy atom. The van der Waals surface area contributed by atoms with Crippen molar-refractivity contribution < 1.29 is 138 Å². The molecule has 22 heteroatoms. The number of carboxylic acids is 1. The number of aliphatic hydroxyl groups is 1. The van der Waals surface area contributed by atoms with Crippen LogP contribution in [0.5, 0.6) is 0 Å². The van der Waals surface area contributed by atoms with Crippen LogP contribution < -0.4 is 56.5 Å². The van der Waals surface area contributed by atoms with Crippen LogP contribution in [0.2, 0.25) is 13.6 Å². The van der Waals surface area contributed by atoms with E-state index in [-0.39, 0.29) is 63.3 Å². The van der Waals surface area contributed by atoms with Gasteiger partial charge in [-0.1, -0.05) is 189 Å². The van der Waals surface area contributed by atoms with E-state index in [2.05, 4.69) is 58.9 Å². The quantitative estimate of drug-likeness (QED) is 0.0494. The molecule has 0 heterocycles. The number of alkyl halides is 3. The molecule has 0 aliphatic carbocycles. The molecule has 0 saturated carbocycles. The topological polar surface area (TPSA) is 250 Å². The van der Waals surface area contributed by atoms with Crippen molar-refractivity contribution in [2.75, 3.05) is 42.7 Å². The summed E-state index contributed by atoms with van der Waals surface area (Å²) in [7, 11) is 4.38. The molecule has 0 spiro atoms. The standard InChI is InChI=1S/C4H9O.C4H10.2C4H8.C3H6F2O.2C3H6O2.C3H6OS.C3H8.C2H4O2.C2H4O.7C2H6.2CH5BO2.CH3F.CH4O.K/c1-4(2,3)5;3*1-3-4-2;1-3(4,5)6-2;2*1-3(4)5-2;1-3(5)4-2;1-3-2;1-2(3)4;1-2-3;7*1-2;2*1-2(3)4;2*1-2;/h1-3H3;3-4H2,1-2H3;2*3-4H,1-2H3;1-2H3;3*1-2H3;3H2,1-2H3;1H3,(H,3,4);2H,1H3;7*1-2H3;2*3-4H,1H3;1H3;2H,1H3;/q-1;;;;;;;;;;;;;;;;;;;;;;+1. The number of methoxy groups -OCH3 is 4. The zero-order valence-electron chi connectivity index (χ0n) is 57.1. The molecule has 0 aromatic heterocycles. The maximum Gasteiger partial charge on any atom is 1.00 e. The van der Waals surface area contributed by atoms with Gasteiger partial charge in [0.25, 0.3) is 5.97 Å². The predicted octanol–water partition coefficient (Wildman–Crippen LogP) is 12.0. The summed E-state index contributed by atoms with van der Waals surface area (Å²) in [6.07, 6.45) is 9.68. The van der Waals surface area contributed by atoms with E-state index < -0.39 is 31.9 Å². The van der Waals surface area contributed by atoms with Crippen LogP contribution >= 0.6 is 12.2 Å². The number of esters is 2. The number of allylic oxidation sites excluding steroid dienone is 4. The number of halogens is 3. The van der Waals surface area contributed by atoms with Gasteiger partial charge in [0, 0.05) is 48.8 Å². The Balaban J connectivity index is -0.0000000182. The van der Waals surface area contributed by atoms with Crippen molar-refractivity contribution in [3.63, 3.8) is 0 Å². The number of rotatable bonds is 2. The van der Waals surface area contributed by atoms with Gasteiger partial charge in [-0.05, 0) is 60.5 Å². The normalized spacial score (nSPS) is 6.72. The number of carboxylic acid groups (broad SMARTS) is 1. The fourth-order valence-corrected chi connectivity index (χ4v) is 0. The number of ether oxygens (including phenoxy) is 4. The minimum atomic E-state index is -2.96. The Hall–Kier alpha value is -1.27. The van der Waals surface area contributed by atoms with Gasteiger partial charge < -0.3 is 59.2 Å². The summed E-state index contributed by atoms with van der Waals surface area (Å²) in [6.45, 7) is 59.7. The van der Waals surface area contributed by atoms with Crippen molar-refractivity contribution in [1.82, 2.24) is 0 Å². The summed E-state index contributed by atoms with van der Waals surface area (Å²) in [6, 6.07) is 0. The summed E-state index contributed by atoms with van der Waals surface area (Å²) >= 11 is 4.47. The molecule has 0 amide bonds. The molecule has 470 valence electrons. The summed E-state index contributed by atoms with van der Waals surface area (Å²) in [5, 5.41) is 55.6. The third kappa shape index (κ3) is 3160. The van der Waals surface area contributed by atoms with E-state index in [1.807, 2.05) is 149 Å². The van der Waals surface area contributed by atoms with Crippen LogP contribution in [0.3, 0.4) is 0 Å². The fraction of sp³-hybridized carbons (Fsp3) is 0.830. The Morgan fingerprint density at radius 1 is 0.547 bits per heavy atom. The van der Waals surface area contributed by atoms with Gasteiger partial charge in [-0.25, -0.2) is 0 Å². The summed E-state index contributed by atoms with van der Waals surface area (Å²) in [5.41, 5.74) is -0.750. The maximum atomic E-state index is 11.2. The van der Waals surface area contributed by atoms with Crippen molar-refractivity contribution in [2.24, 2.45) is 0 Å². The number of carbonyl (C=O) groups is 4. The molecule has 0 aromatic carbocycles. The second-order valence-corrected chi connectivity index (χ2v) is 10.8.